The van der Waals surface area contributed by atoms with E-state index in [0.29, 0.717) is 29.5 Å². The SMILES string of the molecule is Cc1c(NC(=O)CCN(C)Cc2ccccc2Cl)c(=O)n(-c2ccccc2)n1C. The van der Waals surface area contributed by atoms with Crippen LogP contribution in [0.15, 0.2) is 59.4 Å². The summed E-state index contributed by atoms with van der Waals surface area (Å²) in [6.07, 6.45) is 0.278. The third kappa shape index (κ3) is 4.78. The van der Waals surface area contributed by atoms with Gasteiger partial charge in [0, 0.05) is 31.6 Å². The lowest BCUT2D eigenvalue weighted by Gasteiger charge is -2.17. The van der Waals surface area contributed by atoms with Crippen molar-refractivity contribution >= 4 is 23.2 Å². The first kappa shape index (κ1) is 20.9. The zero-order chi connectivity index (χ0) is 21.0. The van der Waals surface area contributed by atoms with Crippen LogP contribution in [0, 0.1) is 6.92 Å². The van der Waals surface area contributed by atoms with Crippen LogP contribution in [-0.2, 0) is 18.4 Å². The molecule has 0 aliphatic heterocycles. The summed E-state index contributed by atoms with van der Waals surface area (Å²) in [6, 6.07) is 17.0. The van der Waals surface area contributed by atoms with E-state index in [9.17, 15) is 9.59 Å². The predicted octanol–water partition coefficient (Wildman–Crippen LogP) is 3.60. The van der Waals surface area contributed by atoms with Gasteiger partial charge in [-0.3, -0.25) is 14.3 Å². The molecule has 152 valence electrons. The van der Waals surface area contributed by atoms with Crippen LogP contribution in [0.5, 0.6) is 0 Å². The highest BCUT2D eigenvalue weighted by Crippen LogP contribution is 2.17. The molecule has 0 saturated carbocycles. The minimum absolute atomic E-state index is 0.193. The molecule has 3 aromatic rings. The molecule has 2 aromatic carbocycles. The van der Waals surface area contributed by atoms with E-state index in [1.165, 1.54) is 0 Å². The number of benzene rings is 2. The number of anilines is 1. The molecular formula is C22H25ClN4O2. The monoisotopic (exact) mass is 412 g/mol. The molecule has 0 fully saturated rings. The van der Waals surface area contributed by atoms with Gasteiger partial charge in [-0.05, 0) is 37.7 Å². The van der Waals surface area contributed by atoms with Crippen molar-refractivity contribution < 1.29 is 4.79 Å². The summed E-state index contributed by atoms with van der Waals surface area (Å²) in [4.78, 5) is 27.4. The van der Waals surface area contributed by atoms with Crippen LogP contribution < -0.4 is 10.9 Å². The summed E-state index contributed by atoms with van der Waals surface area (Å²) in [5.41, 5.74) is 2.55. The largest absolute Gasteiger partial charge is 0.320 e. The maximum Gasteiger partial charge on any atom is 0.295 e. The molecule has 0 atom stereocenters. The quantitative estimate of drug-likeness (QED) is 0.645. The highest BCUT2D eigenvalue weighted by molar-refractivity contribution is 6.31. The maximum atomic E-state index is 12.9. The number of hydrogen-bond acceptors (Lipinski definition) is 3. The first-order valence-electron chi connectivity index (χ1n) is 9.44. The van der Waals surface area contributed by atoms with Crippen LogP contribution in [0.3, 0.4) is 0 Å². The van der Waals surface area contributed by atoms with Crippen LogP contribution in [0.2, 0.25) is 5.02 Å². The van der Waals surface area contributed by atoms with E-state index in [1.54, 1.807) is 16.4 Å². The first-order valence-corrected chi connectivity index (χ1v) is 9.82. The standard InChI is InChI=1S/C22H25ClN4O2/c1-16-21(22(29)27(26(16)3)18-10-5-4-6-11-18)24-20(28)13-14-25(2)15-17-9-7-8-12-19(17)23/h4-12H,13-15H2,1-3H3,(H,24,28). The molecule has 0 spiro atoms. The van der Waals surface area contributed by atoms with Crippen molar-refractivity contribution in [2.45, 2.75) is 19.9 Å². The third-order valence-electron chi connectivity index (χ3n) is 4.94. The fraction of sp³-hybridized carbons (Fsp3) is 0.273. The van der Waals surface area contributed by atoms with E-state index in [0.717, 1.165) is 11.3 Å². The van der Waals surface area contributed by atoms with Crippen molar-refractivity contribution in [3.05, 3.63) is 81.2 Å². The number of carbonyl (C=O) groups is 1. The van der Waals surface area contributed by atoms with Gasteiger partial charge in [-0.1, -0.05) is 48.0 Å². The normalized spacial score (nSPS) is 11.1. The minimum Gasteiger partial charge on any atom is -0.320 e. The lowest BCUT2D eigenvalue weighted by atomic mass is 10.2. The fourth-order valence-corrected chi connectivity index (χ4v) is 3.40. The van der Waals surface area contributed by atoms with Crippen LogP contribution in [0.25, 0.3) is 5.69 Å². The van der Waals surface area contributed by atoms with Gasteiger partial charge in [-0.25, -0.2) is 4.68 Å². The number of amides is 1. The Kier molecular flexibility index (Phi) is 6.56. The van der Waals surface area contributed by atoms with Crippen molar-refractivity contribution in [2.75, 3.05) is 18.9 Å². The number of aromatic nitrogens is 2. The summed E-state index contributed by atoms with van der Waals surface area (Å²) >= 11 is 6.20. The fourth-order valence-electron chi connectivity index (χ4n) is 3.20. The Hall–Kier alpha value is -2.83. The zero-order valence-electron chi connectivity index (χ0n) is 16.9. The summed E-state index contributed by atoms with van der Waals surface area (Å²) in [7, 11) is 3.74. The molecule has 1 heterocycles. The van der Waals surface area contributed by atoms with Crippen LogP contribution >= 0.6 is 11.6 Å². The average molecular weight is 413 g/mol. The van der Waals surface area contributed by atoms with Crippen LogP contribution in [0.4, 0.5) is 5.69 Å². The summed E-state index contributed by atoms with van der Waals surface area (Å²) in [5.74, 6) is -0.193. The van der Waals surface area contributed by atoms with E-state index >= 15 is 0 Å². The van der Waals surface area contributed by atoms with Crippen molar-refractivity contribution in [1.29, 1.82) is 0 Å². The first-order chi connectivity index (χ1) is 13.9. The molecule has 0 aliphatic carbocycles. The van der Waals surface area contributed by atoms with Gasteiger partial charge in [0.05, 0.1) is 11.4 Å². The van der Waals surface area contributed by atoms with Crippen LogP contribution in [-0.4, -0.2) is 33.8 Å². The summed E-state index contributed by atoms with van der Waals surface area (Å²) in [6.45, 7) is 3.02. The molecular weight excluding hydrogens is 388 g/mol. The zero-order valence-corrected chi connectivity index (χ0v) is 17.6. The highest BCUT2D eigenvalue weighted by Gasteiger charge is 2.18. The van der Waals surface area contributed by atoms with E-state index in [2.05, 4.69) is 5.32 Å². The topological polar surface area (TPSA) is 59.3 Å². The Morgan fingerprint density at radius 3 is 2.45 bits per heavy atom. The van der Waals surface area contributed by atoms with Crippen molar-refractivity contribution in [3.8, 4) is 5.69 Å². The molecule has 0 saturated heterocycles. The number of nitrogens with one attached hydrogen (secondary N) is 1. The molecule has 0 unspecified atom stereocenters. The molecule has 3 rings (SSSR count). The number of halogens is 1. The Morgan fingerprint density at radius 1 is 1.10 bits per heavy atom. The Labute approximate surface area is 175 Å². The van der Waals surface area contributed by atoms with E-state index in [4.69, 9.17) is 11.6 Å². The van der Waals surface area contributed by atoms with E-state index in [-0.39, 0.29) is 17.9 Å². The lowest BCUT2D eigenvalue weighted by molar-refractivity contribution is -0.116. The summed E-state index contributed by atoms with van der Waals surface area (Å²) in [5, 5.41) is 3.51. The maximum absolute atomic E-state index is 12.9. The molecule has 0 aliphatic rings. The van der Waals surface area contributed by atoms with Crippen molar-refractivity contribution in [2.24, 2.45) is 7.05 Å². The lowest BCUT2D eigenvalue weighted by Crippen LogP contribution is -2.26. The van der Waals surface area contributed by atoms with Gasteiger partial charge >= 0.3 is 0 Å². The molecule has 0 radical (unpaired) electrons. The van der Waals surface area contributed by atoms with Crippen molar-refractivity contribution in [1.82, 2.24) is 14.3 Å². The Morgan fingerprint density at radius 2 is 1.76 bits per heavy atom. The van der Waals surface area contributed by atoms with Gasteiger partial charge in [0.25, 0.3) is 5.56 Å². The van der Waals surface area contributed by atoms with Gasteiger partial charge in [0.15, 0.2) is 0 Å². The van der Waals surface area contributed by atoms with Crippen LogP contribution in [0.1, 0.15) is 17.7 Å². The Balaban J connectivity index is 1.65. The second-order valence-electron chi connectivity index (χ2n) is 7.06. The number of carbonyl (C=O) groups excluding carboxylic acids is 1. The second kappa shape index (κ2) is 9.11. The number of hydrogen-bond donors (Lipinski definition) is 1. The van der Waals surface area contributed by atoms with Gasteiger partial charge < -0.3 is 10.2 Å². The van der Waals surface area contributed by atoms with E-state index in [1.807, 2.05) is 73.5 Å². The molecule has 0 bridgehead atoms. The molecule has 1 aromatic heterocycles. The number of nitrogens with zero attached hydrogens (tertiary/aromatic N) is 3. The second-order valence-corrected chi connectivity index (χ2v) is 7.47. The molecule has 29 heavy (non-hydrogen) atoms. The molecule has 6 nitrogen and oxygen atoms in total. The number of rotatable bonds is 7. The number of para-hydroxylation sites is 1. The third-order valence-corrected chi connectivity index (χ3v) is 5.31. The predicted molar refractivity (Wildman–Crippen MR) is 117 cm³/mol. The van der Waals surface area contributed by atoms with Gasteiger partial charge in [-0.2, -0.15) is 0 Å². The highest BCUT2D eigenvalue weighted by atomic mass is 35.5. The Bertz CT molecular complexity index is 1060. The van der Waals surface area contributed by atoms with E-state index < -0.39 is 0 Å². The average Bonchev–Trinajstić information content (AvgIpc) is 2.92. The summed E-state index contributed by atoms with van der Waals surface area (Å²) < 4.78 is 3.30. The van der Waals surface area contributed by atoms with Gasteiger partial charge in [-0.15, -0.1) is 0 Å². The molecule has 7 heteroatoms. The minimum atomic E-state index is -0.242. The smallest absolute Gasteiger partial charge is 0.295 e. The van der Waals surface area contributed by atoms with Crippen molar-refractivity contribution in [3.63, 3.8) is 0 Å². The molecule has 1 N–H and O–H groups in total. The molecule has 1 amide bonds. The van der Waals surface area contributed by atoms with Gasteiger partial charge in [0.1, 0.15) is 5.69 Å². The van der Waals surface area contributed by atoms with Gasteiger partial charge in [0.2, 0.25) is 5.91 Å².